The van der Waals surface area contributed by atoms with Crippen LogP contribution in [0.5, 0.6) is 0 Å². The molecule has 30 heavy (non-hydrogen) atoms. The summed E-state index contributed by atoms with van der Waals surface area (Å²) in [5, 5.41) is 0.601. The Kier molecular flexibility index (Phi) is 7.66. The average molecular weight is 451 g/mol. The summed E-state index contributed by atoms with van der Waals surface area (Å²) >= 11 is 7.39. The second-order valence-corrected chi connectivity index (χ2v) is 8.93. The van der Waals surface area contributed by atoms with Gasteiger partial charge in [-0.2, -0.15) is 0 Å². The van der Waals surface area contributed by atoms with E-state index in [9.17, 15) is 14.4 Å². The van der Waals surface area contributed by atoms with Crippen molar-refractivity contribution in [2.75, 3.05) is 16.4 Å². The quantitative estimate of drug-likeness (QED) is 0.598. The smallest absolute Gasteiger partial charge is 0.330 e. The number of nitrogen functional groups attached to an aromatic ring is 1. The van der Waals surface area contributed by atoms with Gasteiger partial charge in [0.05, 0.1) is 5.75 Å². The Morgan fingerprint density at radius 1 is 1.33 bits per heavy atom. The maximum atomic E-state index is 13.3. The van der Waals surface area contributed by atoms with E-state index in [1.165, 1.54) is 21.2 Å². The normalized spacial score (nSPS) is 14.2. The Hall–Kier alpha value is -2.19. The van der Waals surface area contributed by atoms with E-state index in [0.29, 0.717) is 11.6 Å². The van der Waals surface area contributed by atoms with Gasteiger partial charge in [-0.3, -0.25) is 19.1 Å². The summed E-state index contributed by atoms with van der Waals surface area (Å²) in [5.74, 6) is -0.000878. The van der Waals surface area contributed by atoms with Gasteiger partial charge in [-0.25, -0.2) is 4.79 Å². The highest BCUT2D eigenvalue weighted by atomic mass is 35.5. The van der Waals surface area contributed by atoms with Gasteiger partial charge in [-0.1, -0.05) is 43.9 Å². The lowest BCUT2D eigenvalue weighted by Gasteiger charge is -2.30. The van der Waals surface area contributed by atoms with E-state index in [2.05, 4.69) is 4.98 Å². The number of hydrogen-bond donors (Lipinski definition) is 2. The van der Waals surface area contributed by atoms with Crippen molar-refractivity contribution in [3.05, 3.63) is 50.1 Å². The van der Waals surface area contributed by atoms with Gasteiger partial charge < -0.3 is 10.6 Å². The number of amides is 1. The Morgan fingerprint density at radius 3 is 2.73 bits per heavy atom. The largest absolute Gasteiger partial charge is 0.383 e. The molecule has 9 heteroatoms. The lowest BCUT2D eigenvalue weighted by atomic mass is 10.2. The molecule has 2 aromatic rings. The highest BCUT2D eigenvalue weighted by Gasteiger charge is 2.32. The number of nitrogens with zero attached hydrogens (tertiary/aromatic N) is 2. The zero-order chi connectivity index (χ0) is 21.7. The molecule has 0 saturated heterocycles. The van der Waals surface area contributed by atoms with E-state index in [4.69, 9.17) is 17.3 Å². The Morgan fingerprint density at radius 2 is 2.07 bits per heavy atom. The highest BCUT2D eigenvalue weighted by molar-refractivity contribution is 8.00. The number of rotatable bonds is 8. The van der Waals surface area contributed by atoms with Crippen LogP contribution < -0.4 is 21.9 Å². The number of thioether (sulfide) groups is 1. The van der Waals surface area contributed by atoms with E-state index in [-0.39, 0.29) is 29.2 Å². The zero-order valence-electron chi connectivity index (χ0n) is 17.0. The monoisotopic (exact) mass is 450 g/mol. The van der Waals surface area contributed by atoms with Crippen molar-refractivity contribution in [1.82, 2.24) is 9.55 Å². The SMILES string of the molecule is CCCCn1c(N)c(N(C(=O)CSc2cccc(Cl)c2)C2CCCC2)c(=O)[nH]c1=O. The van der Waals surface area contributed by atoms with Crippen molar-refractivity contribution >= 4 is 40.8 Å². The molecular formula is C21H27ClN4O3S. The number of H-pyrrole nitrogens is 1. The molecule has 162 valence electrons. The van der Waals surface area contributed by atoms with Gasteiger partial charge in [0.1, 0.15) is 5.82 Å². The Bertz CT molecular complexity index is 1010. The van der Waals surface area contributed by atoms with Crippen LogP contribution in [0, 0.1) is 0 Å². The lowest BCUT2D eigenvalue weighted by molar-refractivity contribution is -0.116. The molecule has 1 aromatic heterocycles. The van der Waals surface area contributed by atoms with Crippen LogP contribution in [0.15, 0.2) is 38.8 Å². The minimum atomic E-state index is -0.613. The number of nitrogens with one attached hydrogen (secondary N) is 1. The van der Waals surface area contributed by atoms with Crippen LogP contribution in [-0.2, 0) is 11.3 Å². The van der Waals surface area contributed by atoms with Crippen LogP contribution in [0.1, 0.15) is 45.4 Å². The molecule has 0 unspecified atom stereocenters. The molecule has 0 spiro atoms. The van der Waals surface area contributed by atoms with Gasteiger partial charge in [0.15, 0.2) is 5.69 Å². The summed E-state index contributed by atoms with van der Waals surface area (Å²) in [7, 11) is 0. The summed E-state index contributed by atoms with van der Waals surface area (Å²) in [6, 6.07) is 7.19. The predicted octanol–water partition coefficient (Wildman–Crippen LogP) is 3.64. The number of unbranched alkanes of at least 4 members (excludes halogenated alkanes) is 1. The molecular weight excluding hydrogens is 424 g/mol. The third kappa shape index (κ3) is 5.10. The van der Waals surface area contributed by atoms with Crippen molar-refractivity contribution < 1.29 is 4.79 Å². The van der Waals surface area contributed by atoms with E-state index < -0.39 is 11.2 Å². The summed E-state index contributed by atoms with van der Waals surface area (Å²) in [5.41, 5.74) is 5.22. The number of carbonyl (C=O) groups is 1. The third-order valence-electron chi connectivity index (χ3n) is 5.31. The fraction of sp³-hybridized carbons (Fsp3) is 0.476. The fourth-order valence-electron chi connectivity index (χ4n) is 3.79. The highest BCUT2D eigenvalue weighted by Crippen LogP contribution is 2.31. The number of anilines is 2. The number of aromatic nitrogens is 2. The second-order valence-electron chi connectivity index (χ2n) is 7.45. The molecule has 0 radical (unpaired) electrons. The fourth-order valence-corrected chi connectivity index (χ4v) is 4.86. The topological polar surface area (TPSA) is 101 Å². The first-order valence-electron chi connectivity index (χ1n) is 10.3. The van der Waals surface area contributed by atoms with Crippen LogP contribution in [-0.4, -0.2) is 27.3 Å². The molecule has 1 heterocycles. The van der Waals surface area contributed by atoms with E-state index >= 15 is 0 Å². The van der Waals surface area contributed by atoms with Gasteiger partial charge in [-0.05, 0) is 37.5 Å². The van der Waals surface area contributed by atoms with Crippen LogP contribution >= 0.6 is 23.4 Å². The summed E-state index contributed by atoms with van der Waals surface area (Å²) in [4.78, 5) is 43.1. The van der Waals surface area contributed by atoms with Gasteiger partial charge in [0.2, 0.25) is 5.91 Å². The third-order valence-corrected chi connectivity index (χ3v) is 6.52. The van der Waals surface area contributed by atoms with Gasteiger partial charge in [0, 0.05) is 22.5 Å². The molecule has 1 saturated carbocycles. The molecule has 0 atom stereocenters. The number of hydrogen-bond acceptors (Lipinski definition) is 5. The van der Waals surface area contributed by atoms with Crippen molar-refractivity contribution in [3.63, 3.8) is 0 Å². The molecule has 3 N–H and O–H groups in total. The number of aromatic amines is 1. The standard InChI is InChI=1S/C21H27ClN4O3S/c1-2-3-11-25-19(23)18(20(28)24-21(25)29)26(15-8-4-5-9-15)17(27)13-30-16-10-6-7-14(22)12-16/h6-7,10,12,15H,2-5,8-9,11,13,23H2,1H3,(H,24,28,29). The molecule has 0 bridgehead atoms. The predicted molar refractivity (Wildman–Crippen MR) is 123 cm³/mol. The minimum Gasteiger partial charge on any atom is -0.383 e. The molecule has 1 aliphatic rings. The molecule has 1 aliphatic carbocycles. The van der Waals surface area contributed by atoms with E-state index in [0.717, 1.165) is 43.4 Å². The molecule has 1 amide bonds. The van der Waals surface area contributed by atoms with Crippen molar-refractivity contribution in [2.45, 2.75) is 62.9 Å². The van der Waals surface area contributed by atoms with E-state index in [1.807, 2.05) is 19.1 Å². The average Bonchev–Trinajstić information content (AvgIpc) is 3.23. The number of carbonyl (C=O) groups excluding carboxylic acids is 1. The number of nitrogens with two attached hydrogens (primary N) is 1. The zero-order valence-corrected chi connectivity index (χ0v) is 18.6. The van der Waals surface area contributed by atoms with Gasteiger partial charge in [-0.15, -0.1) is 11.8 Å². The van der Waals surface area contributed by atoms with E-state index in [1.54, 1.807) is 12.1 Å². The molecule has 1 fully saturated rings. The number of benzene rings is 1. The first kappa shape index (κ1) is 22.5. The van der Waals surface area contributed by atoms with Crippen LogP contribution in [0.3, 0.4) is 0 Å². The Balaban J connectivity index is 1.95. The van der Waals surface area contributed by atoms with Crippen LogP contribution in [0.2, 0.25) is 5.02 Å². The number of halogens is 1. The van der Waals surface area contributed by atoms with Gasteiger partial charge in [0.25, 0.3) is 5.56 Å². The molecule has 1 aromatic carbocycles. The Labute approximate surface area is 184 Å². The maximum absolute atomic E-state index is 13.3. The van der Waals surface area contributed by atoms with Crippen molar-refractivity contribution in [3.8, 4) is 0 Å². The molecule has 0 aliphatic heterocycles. The lowest BCUT2D eigenvalue weighted by Crippen LogP contribution is -2.46. The van der Waals surface area contributed by atoms with Crippen molar-refractivity contribution in [1.29, 1.82) is 0 Å². The molecule has 7 nitrogen and oxygen atoms in total. The summed E-state index contributed by atoms with van der Waals surface area (Å²) in [6.07, 6.45) is 5.22. The van der Waals surface area contributed by atoms with Crippen LogP contribution in [0.4, 0.5) is 11.5 Å². The van der Waals surface area contributed by atoms with Gasteiger partial charge >= 0.3 is 5.69 Å². The first-order valence-corrected chi connectivity index (χ1v) is 11.6. The first-order chi connectivity index (χ1) is 14.4. The summed E-state index contributed by atoms with van der Waals surface area (Å²) in [6.45, 7) is 2.41. The summed E-state index contributed by atoms with van der Waals surface area (Å²) < 4.78 is 1.36. The van der Waals surface area contributed by atoms with Crippen molar-refractivity contribution in [2.24, 2.45) is 0 Å². The second kappa shape index (κ2) is 10.2. The molecule has 3 rings (SSSR count). The maximum Gasteiger partial charge on any atom is 0.330 e. The van der Waals surface area contributed by atoms with Crippen LogP contribution in [0.25, 0.3) is 0 Å². The minimum absolute atomic E-state index is 0.0604.